The van der Waals surface area contributed by atoms with Gasteiger partial charge in [-0.25, -0.2) is 4.98 Å². The summed E-state index contributed by atoms with van der Waals surface area (Å²) in [6, 6.07) is 16.9. The Bertz CT molecular complexity index is 665. The monoisotopic (exact) mass is 279 g/mol. The molecule has 1 aromatic heterocycles. The molecule has 3 aromatic rings. The van der Waals surface area contributed by atoms with Gasteiger partial charge in [-0.2, -0.15) is 0 Å². The van der Waals surface area contributed by atoms with E-state index in [4.69, 9.17) is 0 Å². The zero-order chi connectivity index (χ0) is 14.5. The maximum Gasteiger partial charge on any atom is 0.107 e. The molecule has 0 atom stereocenters. The van der Waals surface area contributed by atoms with Gasteiger partial charge >= 0.3 is 0 Å². The molecule has 0 fully saturated rings. The van der Waals surface area contributed by atoms with E-state index in [1.807, 2.05) is 18.2 Å². The first-order valence-electron chi connectivity index (χ1n) is 7.51. The normalized spacial score (nSPS) is 11.1. The van der Waals surface area contributed by atoms with E-state index < -0.39 is 0 Å². The summed E-state index contributed by atoms with van der Waals surface area (Å²) in [5, 5.41) is 3.48. The summed E-state index contributed by atoms with van der Waals surface area (Å²) in [6.45, 7) is 4.05. The van der Waals surface area contributed by atoms with Gasteiger partial charge in [-0.3, -0.25) is 0 Å². The molecule has 3 heteroatoms. The fourth-order valence-electron chi connectivity index (χ4n) is 2.44. The summed E-state index contributed by atoms with van der Waals surface area (Å²) in [4.78, 5) is 7.97. The number of nitrogens with zero attached hydrogens (tertiary/aromatic N) is 1. The average Bonchev–Trinajstić information content (AvgIpc) is 2.91. The van der Waals surface area contributed by atoms with Crippen molar-refractivity contribution in [3.05, 3.63) is 65.5 Å². The molecule has 3 nitrogen and oxygen atoms in total. The Morgan fingerprint density at radius 2 is 1.86 bits per heavy atom. The molecular formula is C18H21N3. The molecule has 0 aliphatic heterocycles. The van der Waals surface area contributed by atoms with Crippen LogP contribution in [-0.2, 0) is 13.0 Å². The second-order valence-corrected chi connectivity index (χ2v) is 5.47. The molecule has 0 spiro atoms. The van der Waals surface area contributed by atoms with Crippen LogP contribution in [0, 0.1) is 6.92 Å². The van der Waals surface area contributed by atoms with Crippen molar-refractivity contribution in [2.24, 2.45) is 0 Å². The van der Waals surface area contributed by atoms with E-state index in [0.717, 1.165) is 42.8 Å². The highest BCUT2D eigenvalue weighted by atomic mass is 14.9. The Labute approximate surface area is 125 Å². The minimum Gasteiger partial charge on any atom is -0.342 e. The first-order chi connectivity index (χ1) is 10.3. The number of para-hydroxylation sites is 2. The zero-order valence-electron chi connectivity index (χ0n) is 12.4. The van der Waals surface area contributed by atoms with Crippen LogP contribution >= 0.6 is 0 Å². The van der Waals surface area contributed by atoms with Gasteiger partial charge < -0.3 is 10.3 Å². The maximum atomic E-state index is 4.59. The van der Waals surface area contributed by atoms with Crippen LogP contribution in [0.1, 0.15) is 23.4 Å². The number of benzene rings is 2. The van der Waals surface area contributed by atoms with Crippen LogP contribution in [0.5, 0.6) is 0 Å². The van der Waals surface area contributed by atoms with Crippen molar-refractivity contribution in [3.8, 4) is 0 Å². The Morgan fingerprint density at radius 3 is 2.67 bits per heavy atom. The fourth-order valence-corrected chi connectivity index (χ4v) is 2.44. The molecule has 0 amide bonds. The maximum absolute atomic E-state index is 4.59. The molecule has 0 saturated heterocycles. The first kappa shape index (κ1) is 13.8. The largest absolute Gasteiger partial charge is 0.342 e. The van der Waals surface area contributed by atoms with E-state index in [1.54, 1.807) is 0 Å². The number of hydrogen-bond acceptors (Lipinski definition) is 2. The average molecular weight is 279 g/mol. The molecule has 108 valence electrons. The van der Waals surface area contributed by atoms with Gasteiger partial charge in [0, 0.05) is 13.0 Å². The third-order valence-corrected chi connectivity index (χ3v) is 3.66. The zero-order valence-corrected chi connectivity index (χ0v) is 12.4. The summed E-state index contributed by atoms with van der Waals surface area (Å²) in [5.41, 5.74) is 4.83. The predicted octanol–water partition coefficient (Wildman–Crippen LogP) is 3.59. The lowest BCUT2D eigenvalue weighted by Gasteiger charge is -2.04. The topological polar surface area (TPSA) is 40.7 Å². The van der Waals surface area contributed by atoms with Gasteiger partial charge in [0.25, 0.3) is 0 Å². The highest BCUT2D eigenvalue weighted by Gasteiger charge is 2.01. The van der Waals surface area contributed by atoms with Gasteiger partial charge in [-0.15, -0.1) is 0 Å². The Morgan fingerprint density at radius 1 is 1.05 bits per heavy atom. The van der Waals surface area contributed by atoms with Crippen LogP contribution in [0.2, 0.25) is 0 Å². The molecule has 0 saturated carbocycles. The second-order valence-electron chi connectivity index (χ2n) is 5.47. The van der Waals surface area contributed by atoms with E-state index in [9.17, 15) is 0 Å². The van der Waals surface area contributed by atoms with E-state index in [0.29, 0.717) is 0 Å². The number of rotatable bonds is 6. The molecule has 0 aliphatic carbocycles. The number of imidazole rings is 1. The number of aromatic amines is 1. The first-order valence-corrected chi connectivity index (χ1v) is 7.51. The third-order valence-electron chi connectivity index (χ3n) is 3.66. The Kier molecular flexibility index (Phi) is 4.31. The number of H-pyrrole nitrogens is 1. The third kappa shape index (κ3) is 3.70. The summed E-state index contributed by atoms with van der Waals surface area (Å²) < 4.78 is 0. The van der Waals surface area contributed by atoms with Crippen LogP contribution in [0.4, 0.5) is 0 Å². The highest BCUT2D eigenvalue weighted by Crippen LogP contribution is 2.11. The second kappa shape index (κ2) is 6.55. The minimum atomic E-state index is 0.931. The fraction of sp³-hybridized carbons (Fsp3) is 0.278. The van der Waals surface area contributed by atoms with Crippen molar-refractivity contribution < 1.29 is 0 Å². The molecule has 2 N–H and O–H groups in total. The van der Waals surface area contributed by atoms with Gasteiger partial charge in [0.15, 0.2) is 0 Å². The van der Waals surface area contributed by atoms with Crippen molar-refractivity contribution in [3.63, 3.8) is 0 Å². The highest BCUT2D eigenvalue weighted by molar-refractivity contribution is 5.74. The van der Waals surface area contributed by atoms with Crippen molar-refractivity contribution in [2.45, 2.75) is 26.3 Å². The molecular weight excluding hydrogens is 258 g/mol. The van der Waals surface area contributed by atoms with Crippen molar-refractivity contribution in [1.82, 2.24) is 15.3 Å². The smallest absolute Gasteiger partial charge is 0.107 e. The molecule has 2 aromatic carbocycles. The summed E-state index contributed by atoms with van der Waals surface area (Å²) in [6.07, 6.45) is 2.07. The number of fused-ring (bicyclic) bond motifs is 1. The van der Waals surface area contributed by atoms with E-state index in [2.05, 4.69) is 52.5 Å². The lowest BCUT2D eigenvalue weighted by molar-refractivity contribution is 0.641. The van der Waals surface area contributed by atoms with Crippen LogP contribution in [0.25, 0.3) is 11.0 Å². The lowest BCUT2D eigenvalue weighted by Crippen LogP contribution is -2.15. The van der Waals surface area contributed by atoms with E-state index in [1.165, 1.54) is 11.1 Å². The standard InChI is InChI=1S/C18H21N3/c1-14-8-10-15(11-9-14)13-19-12-4-7-18-20-16-5-2-3-6-17(16)21-18/h2-3,5-6,8-11,19H,4,7,12-13H2,1H3,(H,20,21). The summed E-state index contributed by atoms with van der Waals surface area (Å²) in [5.74, 6) is 1.08. The van der Waals surface area contributed by atoms with Gasteiger partial charge in [0.1, 0.15) is 5.82 Å². The Balaban J connectivity index is 1.42. The van der Waals surface area contributed by atoms with Crippen molar-refractivity contribution in [2.75, 3.05) is 6.54 Å². The van der Waals surface area contributed by atoms with E-state index >= 15 is 0 Å². The Hall–Kier alpha value is -2.13. The number of aryl methyl sites for hydroxylation is 2. The van der Waals surface area contributed by atoms with Gasteiger partial charge in [0.05, 0.1) is 11.0 Å². The predicted molar refractivity (Wildman–Crippen MR) is 87.3 cm³/mol. The van der Waals surface area contributed by atoms with Crippen molar-refractivity contribution in [1.29, 1.82) is 0 Å². The van der Waals surface area contributed by atoms with Gasteiger partial charge in [-0.1, -0.05) is 42.0 Å². The molecule has 0 radical (unpaired) electrons. The molecule has 0 bridgehead atoms. The van der Waals surface area contributed by atoms with Crippen LogP contribution in [0.15, 0.2) is 48.5 Å². The van der Waals surface area contributed by atoms with E-state index in [-0.39, 0.29) is 0 Å². The van der Waals surface area contributed by atoms with Crippen LogP contribution in [-0.4, -0.2) is 16.5 Å². The lowest BCUT2D eigenvalue weighted by atomic mass is 10.1. The number of hydrogen-bond donors (Lipinski definition) is 2. The minimum absolute atomic E-state index is 0.931. The molecule has 1 heterocycles. The summed E-state index contributed by atoms with van der Waals surface area (Å²) >= 11 is 0. The molecule has 21 heavy (non-hydrogen) atoms. The molecule has 0 unspecified atom stereocenters. The van der Waals surface area contributed by atoms with Gasteiger partial charge in [0.2, 0.25) is 0 Å². The summed E-state index contributed by atoms with van der Waals surface area (Å²) in [7, 11) is 0. The number of aromatic nitrogens is 2. The van der Waals surface area contributed by atoms with Crippen LogP contribution < -0.4 is 5.32 Å². The van der Waals surface area contributed by atoms with Crippen molar-refractivity contribution >= 4 is 11.0 Å². The van der Waals surface area contributed by atoms with Crippen LogP contribution in [0.3, 0.4) is 0 Å². The van der Waals surface area contributed by atoms with Gasteiger partial charge in [-0.05, 0) is 37.6 Å². The molecule has 3 rings (SSSR count). The molecule has 0 aliphatic rings. The number of nitrogens with one attached hydrogen (secondary N) is 2. The quantitative estimate of drug-likeness (QED) is 0.677. The SMILES string of the molecule is Cc1ccc(CNCCCc2nc3ccccc3[nH]2)cc1.